The van der Waals surface area contributed by atoms with E-state index in [0.29, 0.717) is 22.0 Å². The normalized spacial score (nSPS) is 9.79. The Morgan fingerprint density at radius 3 is 2.74 bits per heavy atom. The Hall–Kier alpha value is -2.18. The molecule has 0 saturated carbocycles. The fourth-order valence-corrected chi connectivity index (χ4v) is 1.95. The zero-order valence-electron chi connectivity index (χ0n) is 10.7. The lowest BCUT2D eigenvalue weighted by molar-refractivity contribution is 0.415. The average molecular weight is 273 g/mol. The van der Waals surface area contributed by atoms with Crippen LogP contribution in [0.4, 0.5) is 11.4 Å². The SMILES string of the molecule is COc1ccc(Cl)c(Nc2c(C)cccc2C#N)c1. The summed E-state index contributed by atoms with van der Waals surface area (Å²) >= 11 is 6.15. The summed E-state index contributed by atoms with van der Waals surface area (Å²) < 4.78 is 5.17. The van der Waals surface area contributed by atoms with Crippen LogP contribution in [-0.4, -0.2) is 7.11 Å². The van der Waals surface area contributed by atoms with Gasteiger partial charge in [-0.15, -0.1) is 0 Å². The van der Waals surface area contributed by atoms with E-state index in [1.807, 2.05) is 19.1 Å². The molecule has 0 saturated heterocycles. The van der Waals surface area contributed by atoms with Gasteiger partial charge in [-0.25, -0.2) is 0 Å². The van der Waals surface area contributed by atoms with Crippen molar-refractivity contribution < 1.29 is 4.74 Å². The van der Waals surface area contributed by atoms with E-state index in [-0.39, 0.29) is 0 Å². The molecule has 0 heterocycles. The van der Waals surface area contributed by atoms with Crippen LogP contribution < -0.4 is 10.1 Å². The number of halogens is 1. The van der Waals surface area contributed by atoms with E-state index in [1.54, 1.807) is 31.4 Å². The zero-order chi connectivity index (χ0) is 13.8. The van der Waals surface area contributed by atoms with Crippen molar-refractivity contribution in [3.8, 4) is 11.8 Å². The van der Waals surface area contributed by atoms with Crippen LogP contribution in [0.25, 0.3) is 0 Å². The highest BCUT2D eigenvalue weighted by atomic mass is 35.5. The lowest BCUT2D eigenvalue weighted by atomic mass is 10.1. The summed E-state index contributed by atoms with van der Waals surface area (Å²) in [6.07, 6.45) is 0. The number of hydrogen-bond donors (Lipinski definition) is 1. The Balaban J connectivity index is 2.44. The summed E-state index contributed by atoms with van der Waals surface area (Å²) in [5.74, 6) is 0.707. The highest BCUT2D eigenvalue weighted by Crippen LogP contribution is 2.31. The quantitative estimate of drug-likeness (QED) is 0.907. The number of anilines is 2. The van der Waals surface area contributed by atoms with E-state index in [4.69, 9.17) is 21.6 Å². The summed E-state index contributed by atoms with van der Waals surface area (Å²) in [7, 11) is 1.60. The topological polar surface area (TPSA) is 45.0 Å². The van der Waals surface area contributed by atoms with Gasteiger partial charge < -0.3 is 10.1 Å². The molecule has 0 spiro atoms. The molecule has 0 aliphatic carbocycles. The molecule has 96 valence electrons. The van der Waals surface area contributed by atoms with Crippen molar-refractivity contribution >= 4 is 23.0 Å². The summed E-state index contributed by atoms with van der Waals surface area (Å²) in [5, 5.41) is 12.9. The van der Waals surface area contributed by atoms with Crippen molar-refractivity contribution in [3.05, 3.63) is 52.5 Å². The fraction of sp³-hybridized carbons (Fsp3) is 0.133. The van der Waals surface area contributed by atoms with Crippen molar-refractivity contribution in [1.82, 2.24) is 0 Å². The summed E-state index contributed by atoms with van der Waals surface area (Å²) in [4.78, 5) is 0. The van der Waals surface area contributed by atoms with E-state index in [2.05, 4.69) is 11.4 Å². The van der Waals surface area contributed by atoms with Gasteiger partial charge >= 0.3 is 0 Å². The van der Waals surface area contributed by atoms with Gasteiger partial charge in [0.25, 0.3) is 0 Å². The van der Waals surface area contributed by atoms with Crippen LogP contribution in [0.3, 0.4) is 0 Å². The molecule has 0 atom stereocenters. The maximum atomic E-state index is 9.14. The Kier molecular flexibility index (Phi) is 3.94. The molecule has 0 amide bonds. The minimum Gasteiger partial charge on any atom is -0.497 e. The molecule has 0 aliphatic heterocycles. The maximum Gasteiger partial charge on any atom is 0.121 e. The van der Waals surface area contributed by atoms with Crippen LogP contribution in [0.5, 0.6) is 5.75 Å². The molecule has 0 aliphatic rings. The number of rotatable bonds is 3. The van der Waals surface area contributed by atoms with Crippen molar-refractivity contribution in [3.63, 3.8) is 0 Å². The van der Waals surface area contributed by atoms with Crippen LogP contribution in [0, 0.1) is 18.3 Å². The minimum atomic E-state index is 0.577. The maximum absolute atomic E-state index is 9.14. The lowest BCUT2D eigenvalue weighted by Crippen LogP contribution is -1.97. The van der Waals surface area contributed by atoms with Crippen LogP contribution in [0.2, 0.25) is 5.02 Å². The van der Waals surface area contributed by atoms with Gasteiger partial charge in [0, 0.05) is 6.07 Å². The number of nitrogens with one attached hydrogen (secondary N) is 1. The lowest BCUT2D eigenvalue weighted by Gasteiger charge is -2.13. The highest BCUT2D eigenvalue weighted by Gasteiger charge is 2.08. The van der Waals surface area contributed by atoms with E-state index in [1.165, 1.54) is 0 Å². The smallest absolute Gasteiger partial charge is 0.121 e. The average Bonchev–Trinajstić information content (AvgIpc) is 2.43. The zero-order valence-corrected chi connectivity index (χ0v) is 11.5. The molecule has 0 fully saturated rings. The number of benzene rings is 2. The number of nitrogens with zero attached hydrogens (tertiary/aromatic N) is 1. The number of methoxy groups -OCH3 is 1. The van der Waals surface area contributed by atoms with E-state index in [9.17, 15) is 0 Å². The minimum absolute atomic E-state index is 0.577. The first-order chi connectivity index (χ1) is 9.15. The monoisotopic (exact) mass is 272 g/mol. The Labute approximate surface area is 117 Å². The van der Waals surface area contributed by atoms with E-state index in [0.717, 1.165) is 11.3 Å². The molecule has 2 rings (SSSR count). The third-order valence-electron chi connectivity index (χ3n) is 2.83. The van der Waals surface area contributed by atoms with Gasteiger partial charge in [-0.2, -0.15) is 5.26 Å². The van der Waals surface area contributed by atoms with Gasteiger partial charge in [0.1, 0.15) is 11.8 Å². The highest BCUT2D eigenvalue weighted by molar-refractivity contribution is 6.33. The van der Waals surface area contributed by atoms with Crippen LogP contribution in [0.15, 0.2) is 36.4 Å². The van der Waals surface area contributed by atoms with Crippen molar-refractivity contribution in [1.29, 1.82) is 5.26 Å². The standard InChI is InChI=1S/C15H13ClN2O/c1-10-4-3-5-11(9-17)15(10)18-14-8-12(19-2)6-7-13(14)16/h3-8,18H,1-2H3. The first-order valence-corrected chi connectivity index (χ1v) is 6.13. The number of hydrogen-bond acceptors (Lipinski definition) is 3. The Morgan fingerprint density at radius 1 is 1.26 bits per heavy atom. The molecule has 0 unspecified atom stereocenters. The van der Waals surface area contributed by atoms with Crippen LogP contribution >= 0.6 is 11.6 Å². The molecule has 19 heavy (non-hydrogen) atoms. The molecular weight excluding hydrogens is 260 g/mol. The number of para-hydroxylation sites is 1. The predicted octanol–water partition coefficient (Wildman–Crippen LogP) is 4.27. The predicted molar refractivity (Wildman–Crippen MR) is 77.2 cm³/mol. The number of ether oxygens (including phenoxy) is 1. The molecule has 0 radical (unpaired) electrons. The van der Waals surface area contributed by atoms with Gasteiger partial charge in [0.2, 0.25) is 0 Å². The second-order valence-corrected chi connectivity index (χ2v) is 4.49. The largest absolute Gasteiger partial charge is 0.497 e. The molecule has 0 aromatic heterocycles. The van der Waals surface area contributed by atoms with Crippen LogP contribution in [0.1, 0.15) is 11.1 Å². The number of nitriles is 1. The van der Waals surface area contributed by atoms with Crippen molar-refractivity contribution in [2.75, 3.05) is 12.4 Å². The van der Waals surface area contributed by atoms with Gasteiger partial charge in [-0.3, -0.25) is 0 Å². The fourth-order valence-electron chi connectivity index (χ4n) is 1.79. The van der Waals surface area contributed by atoms with Gasteiger partial charge in [-0.05, 0) is 30.7 Å². The van der Waals surface area contributed by atoms with Gasteiger partial charge in [0.15, 0.2) is 0 Å². The van der Waals surface area contributed by atoms with Crippen LogP contribution in [-0.2, 0) is 0 Å². The molecule has 4 heteroatoms. The third kappa shape index (κ3) is 2.81. The summed E-state index contributed by atoms with van der Waals surface area (Å²) in [6.45, 7) is 1.94. The molecule has 1 N–H and O–H groups in total. The molecule has 3 nitrogen and oxygen atoms in total. The molecule has 2 aromatic rings. The Morgan fingerprint density at radius 2 is 2.05 bits per heavy atom. The van der Waals surface area contributed by atoms with E-state index < -0.39 is 0 Å². The summed E-state index contributed by atoms with van der Waals surface area (Å²) in [5.41, 5.74) is 3.05. The molecule has 0 bridgehead atoms. The van der Waals surface area contributed by atoms with E-state index >= 15 is 0 Å². The third-order valence-corrected chi connectivity index (χ3v) is 3.16. The molecular formula is C15H13ClN2O. The first kappa shape index (κ1) is 13.3. The van der Waals surface area contributed by atoms with Gasteiger partial charge in [0.05, 0.1) is 29.1 Å². The molecule has 2 aromatic carbocycles. The summed E-state index contributed by atoms with van der Waals surface area (Å²) in [6, 6.07) is 13.1. The first-order valence-electron chi connectivity index (χ1n) is 5.76. The second kappa shape index (κ2) is 5.64. The Bertz CT molecular complexity index is 647. The number of aryl methyl sites for hydroxylation is 1. The van der Waals surface area contributed by atoms with Gasteiger partial charge in [-0.1, -0.05) is 23.7 Å². The van der Waals surface area contributed by atoms with Crippen molar-refractivity contribution in [2.24, 2.45) is 0 Å². The second-order valence-electron chi connectivity index (χ2n) is 4.08. The van der Waals surface area contributed by atoms with Crippen molar-refractivity contribution in [2.45, 2.75) is 6.92 Å².